The second kappa shape index (κ2) is 6.98. The Labute approximate surface area is 101 Å². The second-order valence-corrected chi connectivity index (χ2v) is 5.52. The van der Waals surface area contributed by atoms with E-state index in [1.807, 2.05) is 0 Å². The van der Waals surface area contributed by atoms with Crippen molar-refractivity contribution in [1.29, 1.82) is 0 Å². The average Bonchev–Trinajstić information content (AvgIpc) is 2.50. The molecule has 1 heteroatoms. The van der Waals surface area contributed by atoms with Gasteiger partial charge in [-0.25, -0.2) is 0 Å². The molecular formula is C15H27N. The van der Waals surface area contributed by atoms with Gasteiger partial charge >= 0.3 is 0 Å². The van der Waals surface area contributed by atoms with Crippen LogP contribution in [0.25, 0.3) is 0 Å². The fraction of sp³-hybridized carbons (Fsp3) is 0.867. The molecule has 0 unspecified atom stereocenters. The maximum absolute atomic E-state index is 3.83. The van der Waals surface area contributed by atoms with Crippen LogP contribution in [0.4, 0.5) is 0 Å². The van der Waals surface area contributed by atoms with Crippen molar-refractivity contribution in [3.8, 4) is 0 Å². The third kappa shape index (κ3) is 4.19. The Balaban J connectivity index is 1.81. The first kappa shape index (κ1) is 12.0. The average molecular weight is 221 g/mol. The highest BCUT2D eigenvalue weighted by Gasteiger charge is 2.13. The van der Waals surface area contributed by atoms with Gasteiger partial charge in [0.25, 0.3) is 0 Å². The summed E-state index contributed by atoms with van der Waals surface area (Å²) >= 11 is 0. The van der Waals surface area contributed by atoms with Gasteiger partial charge in [-0.15, -0.1) is 0 Å². The van der Waals surface area contributed by atoms with Crippen LogP contribution in [-0.4, -0.2) is 6.04 Å². The minimum atomic E-state index is 0.785. The highest BCUT2D eigenvalue weighted by molar-refractivity contribution is 5.02. The summed E-state index contributed by atoms with van der Waals surface area (Å²) in [6, 6.07) is 0.785. The molecule has 0 aromatic carbocycles. The standard InChI is InChI=1S/C15H27N/c1-2-6-10-14(11-7-3-1)16-15-12-8-4-5-9-13-15/h10,15-16H,1-9,11-13H2/b14-10+. The molecule has 0 aromatic rings. The molecule has 1 fully saturated rings. The third-order valence-corrected chi connectivity index (χ3v) is 4.04. The largest absolute Gasteiger partial charge is 0.386 e. The number of hydrogen-bond donors (Lipinski definition) is 1. The predicted molar refractivity (Wildman–Crippen MR) is 70.4 cm³/mol. The van der Waals surface area contributed by atoms with E-state index >= 15 is 0 Å². The Morgan fingerprint density at radius 1 is 0.812 bits per heavy atom. The highest BCUT2D eigenvalue weighted by Crippen LogP contribution is 2.21. The lowest BCUT2D eigenvalue weighted by atomic mass is 10.0. The maximum atomic E-state index is 3.83. The number of nitrogens with one attached hydrogen (secondary N) is 1. The van der Waals surface area contributed by atoms with E-state index in [0.717, 1.165) is 6.04 Å². The summed E-state index contributed by atoms with van der Waals surface area (Å²) in [6.45, 7) is 0. The third-order valence-electron chi connectivity index (χ3n) is 4.04. The summed E-state index contributed by atoms with van der Waals surface area (Å²) in [5.74, 6) is 0. The Bertz CT molecular complexity index is 211. The first-order valence-corrected chi connectivity index (χ1v) is 7.41. The molecule has 1 nitrogen and oxygen atoms in total. The van der Waals surface area contributed by atoms with Crippen LogP contribution < -0.4 is 5.32 Å². The Morgan fingerprint density at radius 3 is 2.31 bits per heavy atom. The molecule has 0 saturated heterocycles. The van der Waals surface area contributed by atoms with Crippen molar-refractivity contribution in [2.45, 2.75) is 83.1 Å². The summed E-state index contributed by atoms with van der Waals surface area (Å²) in [5.41, 5.74) is 1.56. The van der Waals surface area contributed by atoms with Gasteiger partial charge in [0.1, 0.15) is 0 Å². The van der Waals surface area contributed by atoms with E-state index < -0.39 is 0 Å². The second-order valence-electron chi connectivity index (χ2n) is 5.52. The summed E-state index contributed by atoms with van der Waals surface area (Å²) < 4.78 is 0. The fourth-order valence-electron chi connectivity index (χ4n) is 3.01. The van der Waals surface area contributed by atoms with E-state index in [2.05, 4.69) is 11.4 Å². The van der Waals surface area contributed by atoms with Gasteiger partial charge in [0, 0.05) is 11.7 Å². The summed E-state index contributed by atoms with van der Waals surface area (Å²) in [6.07, 6.45) is 19.3. The quantitative estimate of drug-likeness (QED) is 0.675. The molecule has 1 saturated carbocycles. The Hall–Kier alpha value is -0.460. The van der Waals surface area contributed by atoms with E-state index in [1.165, 1.54) is 77.0 Å². The van der Waals surface area contributed by atoms with E-state index in [-0.39, 0.29) is 0 Å². The smallest absolute Gasteiger partial charge is 0.0258 e. The molecule has 92 valence electrons. The zero-order valence-electron chi connectivity index (χ0n) is 10.6. The van der Waals surface area contributed by atoms with Gasteiger partial charge in [-0.1, -0.05) is 44.6 Å². The summed E-state index contributed by atoms with van der Waals surface area (Å²) in [7, 11) is 0. The van der Waals surface area contributed by atoms with Gasteiger partial charge in [-0.05, 0) is 38.5 Å². The SMILES string of the molecule is C1=C(/NC2CCCCCC2)CCCCCC/1. The van der Waals surface area contributed by atoms with Crippen LogP contribution in [-0.2, 0) is 0 Å². The molecule has 0 aliphatic heterocycles. The molecule has 0 heterocycles. The van der Waals surface area contributed by atoms with Gasteiger partial charge in [0.2, 0.25) is 0 Å². The minimum absolute atomic E-state index is 0.785. The van der Waals surface area contributed by atoms with Crippen LogP contribution in [0, 0.1) is 0 Å². The van der Waals surface area contributed by atoms with Crippen molar-refractivity contribution in [2.24, 2.45) is 0 Å². The molecule has 16 heavy (non-hydrogen) atoms. The van der Waals surface area contributed by atoms with Gasteiger partial charge in [-0.2, -0.15) is 0 Å². The first-order valence-electron chi connectivity index (χ1n) is 7.41. The predicted octanol–water partition coefficient (Wildman–Crippen LogP) is 4.54. The topological polar surface area (TPSA) is 12.0 Å². The Kier molecular flexibility index (Phi) is 5.24. The molecule has 0 aromatic heterocycles. The van der Waals surface area contributed by atoms with Gasteiger partial charge in [0.15, 0.2) is 0 Å². The van der Waals surface area contributed by atoms with Crippen molar-refractivity contribution >= 4 is 0 Å². The molecule has 0 bridgehead atoms. The van der Waals surface area contributed by atoms with Crippen molar-refractivity contribution < 1.29 is 0 Å². The molecule has 0 spiro atoms. The molecule has 2 aliphatic carbocycles. The monoisotopic (exact) mass is 221 g/mol. The molecule has 1 N–H and O–H groups in total. The molecular weight excluding hydrogens is 194 g/mol. The van der Waals surface area contributed by atoms with Gasteiger partial charge < -0.3 is 5.32 Å². The van der Waals surface area contributed by atoms with Crippen LogP contribution in [0.2, 0.25) is 0 Å². The lowest BCUT2D eigenvalue weighted by Gasteiger charge is -2.21. The van der Waals surface area contributed by atoms with Crippen LogP contribution >= 0.6 is 0 Å². The lowest BCUT2D eigenvalue weighted by molar-refractivity contribution is 0.481. The maximum Gasteiger partial charge on any atom is 0.0258 e. The van der Waals surface area contributed by atoms with Crippen molar-refractivity contribution in [2.75, 3.05) is 0 Å². The molecule has 0 atom stereocenters. The Morgan fingerprint density at radius 2 is 1.50 bits per heavy atom. The van der Waals surface area contributed by atoms with Gasteiger partial charge in [0.05, 0.1) is 0 Å². The minimum Gasteiger partial charge on any atom is -0.386 e. The number of rotatable bonds is 2. The summed E-state index contributed by atoms with van der Waals surface area (Å²) in [5, 5.41) is 3.83. The van der Waals surface area contributed by atoms with Gasteiger partial charge in [-0.3, -0.25) is 0 Å². The highest BCUT2D eigenvalue weighted by atomic mass is 14.9. The first-order chi connectivity index (χ1) is 7.95. The molecule has 0 amide bonds. The zero-order valence-corrected chi connectivity index (χ0v) is 10.6. The normalized spacial score (nSPS) is 28.4. The van der Waals surface area contributed by atoms with Crippen molar-refractivity contribution in [1.82, 2.24) is 5.32 Å². The number of allylic oxidation sites excluding steroid dienone is 2. The van der Waals surface area contributed by atoms with Crippen molar-refractivity contribution in [3.05, 3.63) is 11.8 Å². The summed E-state index contributed by atoms with van der Waals surface area (Å²) in [4.78, 5) is 0. The molecule has 2 rings (SSSR count). The van der Waals surface area contributed by atoms with E-state index in [1.54, 1.807) is 5.70 Å². The molecule has 2 aliphatic rings. The zero-order chi connectivity index (χ0) is 11.1. The number of hydrogen-bond acceptors (Lipinski definition) is 1. The van der Waals surface area contributed by atoms with Crippen LogP contribution in [0.3, 0.4) is 0 Å². The van der Waals surface area contributed by atoms with E-state index in [4.69, 9.17) is 0 Å². The fourth-order valence-corrected chi connectivity index (χ4v) is 3.01. The van der Waals surface area contributed by atoms with Crippen LogP contribution in [0.15, 0.2) is 11.8 Å². The molecule has 0 radical (unpaired) electrons. The van der Waals surface area contributed by atoms with Crippen LogP contribution in [0.1, 0.15) is 77.0 Å². The van der Waals surface area contributed by atoms with Crippen molar-refractivity contribution in [3.63, 3.8) is 0 Å². The van der Waals surface area contributed by atoms with E-state index in [9.17, 15) is 0 Å². The lowest BCUT2D eigenvalue weighted by Crippen LogP contribution is -2.28. The van der Waals surface area contributed by atoms with Crippen LogP contribution in [0.5, 0.6) is 0 Å². The van der Waals surface area contributed by atoms with E-state index in [0.29, 0.717) is 0 Å².